The van der Waals surface area contributed by atoms with Crippen LogP contribution in [-0.2, 0) is 20.7 Å². The second-order valence-electron chi connectivity index (χ2n) is 7.11. The van der Waals surface area contributed by atoms with Gasteiger partial charge in [0.05, 0.1) is 19.8 Å². The van der Waals surface area contributed by atoms with Crippen LogP contribution in [0, 0.1) is 0 Å². The molecule has 1 saturated heterocycles. The number of likely N-dealkylation sites (tertiary alicyclic amines) is 1. The van der Waals surface area contributed by atoms with Crippen LogP contribution < -0.4 is 4.74 Å². The summed E-state index contributed by atoms with van der Waals surface area (Å²) >= 11 is 0. The molecule has 1 fully saturated rings. The molecule has 1 atom stereocenters. The Bertz CT molecular complexity index is 1000. The number of methoxy groups -OCH3 is 1. The van der Waals surface area contributed by atoms with Crippen molar-refractivity contribution < 1.29 is 23.5 Å². The highest BCUT2D eigenvalue weighted by atomic mass is 16.5. The highest BCUT2D eigenvalue weighted by molar-refractivity contribution is 5.89. The monoisotopic (exact) mass is 393 g/mol. The van der Waals surface area contributed by atoms with Gasteiger partial charge in [-0.2, -0.15) is 0 Å². The van der Waals surface area contributed by atoms with Gasteiger partial charge in [-0.05, 0) is 25.0 Å². The van der Waals surface area contributed by atoms with E-state index in [1.807, 2.05) is 42.5 Å². The number of carbonyl (C=O) groups excluding carboxylic acids is 2. The van der Waals surface area contributed by atoms with Gasteiger partial charge in [0.1, 0.15) is 11.3 Å². The number of furan rings is 1. The largest absolute Gasteiger partial charge is 0.497 e. The average molecular weight is 393 g/mol. The lowest BCUT2D eigenvalue weighted by molar-refractivity contribution is -0.160. The van der Waals surface area contributed by atoms with Crippen molar-refractivity contribution in [2.75, 3.05) is 20.2 Å². The summed E-state index contributed by atoms with van der Waals surface area (Å²) in [4.78, 5) is 27.5. The number of esters is 1. The third kappa shape index (κ3) is 4.11. The fourth-order valence-corrected chi connectivity index (χ4v) is 3.65. The Labute approximate surface area is 169 Å². The predicted molar refractivity (Wildman–Crippen MR) is 108 cm³/mol. The van der Waals surface area contributed by atoms with Crippen LogP contribution in [0.25, 0.3) is 11.0 Å². The van der Waals surface area contributed by atoms with Crippen LogP contribution in [0.5, 0.6) is 5.75 Å². The Balaban J connectivity index is 1.53. The first-order valence-electron chi connectivity index (χ1n) is 9.73. The SMILES string of the molecule is COc1ccc2c(CC(=O)O[C@H](C(=O)N3CCCC3)c3ccccc3)coc2c1. The van der Waals surface area contributed by atoms with Gasteiger partial charge in [0.25, 0.3) is 5.91 Å². The summed E-state index contributed by atoms with van der Waals surface area (Å²) in [6.07, 6.45) is 2.60. The Hall–Kier alpha value is -3.28. The minimum atomic E-state index is -0.931. The van der Waals surface area contributed by atoms with E-state index in [4.69, 9.17) is 13.9 Å². The molecular formula is C23H23NO5. The van der Waals surface area contributed by atoms with E-state index in [1.54, 1.807) is 24.3 Å². The molecule has 6 nitrogen and oxygen atoms in total. The Morgan fingerprint density at radius 2 is 1.86 bits per heavy atom. The quantitative estimate of drug-likeness (QED) is 0.594. The van der Waals surface area contributed by atoms with E-state index < -0.39 is 12.1 Å². The van der Waals surface area contributed by atoms with Crippen LogP contribution in [0.3, 0.4) is 0 Å². The first-order valence-corrected chi connectivity index (χ1v) is 9.73. The van der Waals surface area contributed by atoms with Crippen molar-refractivity contribution in [3.63, 3.8) is 0 Å². The van der Waals surface area contributed by atoms with Crippen LogP contribution in [0.4, 0.5) is 0 Å². The van der Waals surface area contributed by atoms with Crippen molar-refractivity contribution in [3.8, 4) is 5.75 Å². The number of ether oxygens (including phenoxy) is 2. The topological polar surface area (TPSA) is 69.0 Å². The lowest BCUT2D eigenvalue weighted by Crippen LogP contribution is -2.35. The lowest BCUT2D eigenvalue weighted by Gasteiger charge is -2.23. The minimum absolute atomic E-state index is 0.0238. The summed E-state index contributed by atoms with van der Waals surface area (Å²) in [5, 5.41) is 0.824. The summed E-state index contributed by atoms with van der Waals surface area (Å²) < 4.78 is 16.4. The van der Waals surface area contributed by atoms with Crippen molar-refractivity contribution in [1.29, 1.82) is 0 Å². The molecular weight excluding hydrogens is 370 g/mol. The fraction of sp³-hybridized carbons (Fsp3) is 0.304. The summed E-state index contributed by atoms with van der Waals surface area (Å²) in [5.74, 6) is 0.0510. The van der Waals surface area contributed by atoms with E-state index >= 15 is 0 Å². The van der Waals surface area contributed by atoms with Crippen molar-refractivity contribution in [2.45, 2.75) is 25.4 Å². The van der Waals surface area contributed by atoms with Crippen LogP contribution in [-0.4, -0.2) is 37.0 Å². The third-order valence-corrected chi connectivity index (χ3v) is 5.19. The van der Waals surface area contributed by atoms with E-state index in [0.29, 0.717) is 35.5 Å². The molecule has 0 bridgehead atoms. The fourth-order valence-electron chi connectivity index (χ4n) is 3.65. The van der Waals surface area contributed by atoms with Gasteiger partial charge in [-0.25, -0.2) is 0 Å². The normalized spacial score (nSPS) is 14.7. The number of hydrogen-bond acceptors (Lipinski definition) is 5. The van der Waals surface area contributed by atoms with Gasteiger partial charge in [-0.1, -0.05) is 30.3 Å². The Morgan fingerprint density at radius 3 is 2.59 bits per heavy atom. The molecule has 0 radical (unpaired) electrons. The molecule has 1 aromatic heterocycles. The molecule has 6 heteroatoms. The molecule has 2 heterocycles. The molecule has 1 aliphatic heterocycles. The molecule has 0 aliphatic carbocycles. The molecule has 0 N–H and O–H groups in total. The van der Waals surface area contributed by atoms with E-state index in [0.717, 1.165) is 18.2 Å². The number of benzene rings is 2. The summed E-state index contributed by atoms with van der Waals surface area (Å²) in [7, 11) is 1.59. The van der Waals surface area contributed by atoms with Crippen LogP contribution in [0.1, 0.15) is 30.1 Å². The zero-order valence-corrected chi connectivity index (χ0v) is 16.3. The summed E-state index contributed by atoms with van der Waals surface area (Å²) in [5.41, 5.74) is 2.03. The van der Waals surface area contributed by atoms with E-state index in [-0.39, 0.29) is 12.3 Å². The molecule has 1 amide bonds. The maximum atomic E-state index is 13.0. The van der Waals surface area contributed by atoms with Crippen LogP contribution in [0.2, 0.25) is 0 Å². The van der Waals surface area contributed by atoms with Crippen molar-refractivity contribution in [1.82, 2.24) is 4.90 Å². The van der Waals surface area contributed by atoms with Crippen molar-refractivity contribution in [2.24, 2.45) is 0 Å². The zero-order valence-electron chi connectivity index (χ0n) is 16.3. The molecule has 29 heavy (non-hydrogen) atoms. The standard InChI is InChI=1S/C23H23NO5/c1-27-18-9-10-19-17(15-28-20(19)14-18)13-21(25)29-22(16-7-3-2-4-8-16)23(26)24-11-5-6-12-24/h2-4,7-10,14-15,22H,5-6,11-13H2,1H3/t22-/m0/s1. The Kier molecular flexibility index (Phi) is 5.51. The second-order valence-corrected chi connectivity index (χ2v) is 7.11. The molecule has 0 saturated carbocycles. The number of nitrogens with zero attached hydrogens (tertiary/aromatic N) is 1. The number of hydrogen-bond donors (Lipinski definition) is 0. The minimum Gasteiger partial charge on any atom is -0.497 e. The van der Waals surface area contributed by atoms with E-state index in [2.05, 4.69) is 0 Å². The average Bonchev–Trinajstić information content (AvgIpc) is 3.42. The highest BCUT2D eigenvalue weighted by Crippen LogP contribution is 2.27. The molecule has 4 rings (SSSR count). The van der Waals surface area contributed by atoms with Gasteiger partial charge in [0.2, 0.25) is 6.10 Å². The van der Waals surface area contributed by atoms with Crippen LogP contribution in [0.15, 0.2) is 59.2 Å². The number of rotatable bonds is 6. The van der Waals surface area contributed by atoms with E-state index in [9.17, 15) is 9.59 Å². The molecule has 3 aromatic rings. The lowest BCUT2D eigenvalue weighted by atomic mass is 10.1. The van der Waals surface area contributed by atoms with Gasteiger partial charge in [0, 0.05) is 35.7 Å². The van der Waals surface area contributed by atoms with Crippen LogP contribution >= 0.6 is 0 Å². The first-order chi connectivity index (χ1) is 14.2. The number of carbonyl (C=O) groups is 2. The van der Waals surface area contributed by atoms with Gasteiger partial charge >= 0.3 is 5.97 Å². The molecule has 0 spiro atoms. The Morgan fingerprint density at radius 1 is 1.10 bits per heavy atom. The van der Waals surface area contributed by atoms with Crippen molar-refractivity contribution in [3.05, 3.63) is 65.9 Å². The van der Waals surface area contributed by atoms with Gasteiger partial charge in [0.15, 0.2) is 0 Å². The number of amides is 1. The van der Waals surface area contributed by atoms with Gasteiger partial charge < -0.3 is 18.8 Å². The van der Waals surface area contributed by atoms with E-state index in [1.165, 1.54) is 0 Å². The smallest absolute Gasteiger partial charge is 0.311 e. The number of fused-ring (bicyclic) bond motifs is 1. The van der Waals surface area contributed by atoms with Gasteiger partial charge in [-0.15, -0.1) is 0 Å². The first kappa shape index (κ1) is 19.1. The maximum absolute atomic E-state index is 13.0. The van der Waals surface area contributed by atoms with Gasteiger partial charge in [-0.3, -0.25) is 9.59 Å². The van der Waals surface area contributed by atoms with Crippen molar-refractivity contribution >= 4 is 22.8 Å². The molecule has 1 aliphatic rings. The molecule has 0 unspecified atom stereocenters. The third-order valence-electron chi connectivity index (χ3n) is 5.19. The second kappa shape index (κ2) is 8.39. The molecule has 150 valence electrons. The maximum Gasteiger partial charge on any atom is 0.311 e. The molecule has 2 aromatic carbocycles. The highest BCUT2D eigenvalue weighted by Gasteiger charge is 2.31. The zero-order chi connectivity index (χ0) is 20.2. The summed E-state index contributed by atoms with van der Waals surface area (Å²) in [6.45, 7) is 1.40. The summed E-state index contributed by atoms with van der Waals surface area (Å²) in [6, 6.07) is 14.6. The predicted octanol–water partition coefficient (Wildman–Crippen LogP) is 3.89.